The van der Waals surface area contributed by atoms with Crippen molar-refractivity contribution in [1.82, 2.24) is 10.6 Å². The van der Waals surface area contributed by atoms with Gasteiger partial charge in [-0.3, -0.25) is 9.59 Å². The van der Waals surface area contributed by atoms with Crippen LogP contribution in [0.15, 0.2) is 0 Å². The lowest BCUT2D eigenvalue weighted by Gasteiger charge is -2.18. The highest BCUT2D eigenvalue weighted by molar-refractivity contribution is 5.85. The van der Waals surface area contributed by atoms with Crippen molar-refractivity contribution in [3.05, 3.63) is 0 Å². The Morgan fingerprint density at radius 1 is 1.29 bits per heavy atom. The van der Waals surface area contributed by atoms with E-state index in [1.807, 2.05) is 20.8 Å². The van der Waals surface area contributed by atoms with Crippen molar-refractivity contribution in [2.24, 2.45) is 17.8 Å². The summed E-state index contributed by atoms with van der Waals surface area (Å²) in [5.41, 5.74) is 0. The minimum atomic E-state index is -0.623. The van der Waals surface area contributed by atoms with E-state index in [2.05, 4.69) is 15.4 Å². The van der Waals surface area contributed by atoms with Gasteiger partial charge in [0.05, 0.1) is 7.11 Å². The first kappa shape index (κ1) is 17.5. The number of carbonyl (C=O) groups excluding carboxylic acids is 3. The number of nitrogens with one attached hydrogen (secondary N) is 2. The van der Waals surface area contributed by atoms with Crippen LogP contribution in [0, 0.1) is 17.8 Å². The van der Waals surface area contributed by atoms with E-state index in [1.54, 1.807) is 0 Å². The van der Waals surface area contributed by atoms with E-state index in [4.69, 9.17) is 0 Å². The predicted molar refractivity (Wildman–Crippen MR) is 78.3 cm³/mol. The molecule has 21 heavy (non-hydrogen) atoms. The molecule has 0 unspecified atom stereocenters. The van der Waals surface area contributed by atoms with E-state index in [0.717, 1.165) is 6.42 Å². The van der Waals surface area contributed by atoms with Crippen LogP contribution >= 0.6 is 0 Å². The minimum Gasteiger partial charge on any atom is -0.467 e. The summed E-state index contributed by atoms with van der Waals surface area (Å²) in [7, 11) is 1.30. The summed E-state index contributed by atoms with van der Waals surface area (Å²) >= 11 is 0. The van der Waals surface area contributed by atoms with E-state index in [0.29, 0.717) is 18.9 Å². The molecule has 3 atom stereocenters. The van der Waals surface area contributed by atoms with Crippen molar-refractivity contribution < 1.29 is 19.1 Å². The van der Waals surface area contributed by atoms with E-state index in [9.17, 15) is 14.4 Å². The molecule has 0 spiro atoms. The molecule has 1 aliphatic carbocycles. The lowest BCUT2D eigenvalue weighted by Crippen LogP contribution is -2.43. The van der Waals surface area contributed by atoms with Gasteiger partial charge in [0.1, 0.15) is 6.04 Å². The quantitative estimate of drug-likeness (QED) is 0.651. The molecule has 2 N–H and O–H groups in total. The third-order valence-electron chi connectivity index (χ3n) is 3.63. The van der Waals surface area contributed by atoms with Gasteiger partial charge in [0.25, 0.3) is 0 Å². The van der Waals surface area contributed by atoms with Crippen LogP contribution in [0.5, 0.6) is 0 Å². The maximum Gasteiger partial charge on any atom is 0.328 e. The molecule has 0 aromatic rings. The highest BCUT2D eigenvalue weighted by Crippen LogP contribution is 2.37. The van der Waals surface area contributed by atoms with Crippen LogP contribution in [0.2, 0.25) is 0 Å². The fourth-order valence-electron chi connectivity index (χ4n) is 2.21. The monoisotopic (exact) mass is 298 g/mol. The van der Waals surface area contributed by atoms with Gasteiger partial charge in [0.2, 0.25) is 11.8 Å². The number of ether oxygens (including phenoxy) is 1. The van der Waals surface area contributed by atoms with Crippen molar-refractivity contribution in [3.8, 4) is 0 Å². The van der Waals surface area contributed by atoms with Gasteiger partial charge in [0, 0.05) is 18.9 Å². The van der Waals surface area contributed by atoms with Gasteiger partial charge >= 0.3 is 5.97 Å². The summed E-state index contributed by atoms with van der Waals surface area (Å²) in [5.74, 6) is 0.154. The number of hydrogen-bond acceptors (Lipinski definition) is 4. The molecule has 1 saturated carbocycles. The lowest BCUT2D eigenvalue weighted by molar-refractivity contribution is -0.145. The molecule has 0 bridgehead atoms. The average molecular weight is 298 g/mol. The maximum absolute atomic E-state index is 11.8. The second kappa shape index (κ2) is 8.00. The van der Waals surface area contributed by atoms with Crippen LogP contribution in [0.4, 0.5) is 0 Å². The van der Waals surface area contributed by atoms with E-state index in [-0.39, 0.29) is 30.1 Å². The molecule has 0 aliphatic heterocycles. The molecular formula is C15H26N2O4. The zero-order valence-corrected chi connectivity index (χ0v) is 13.3. The summed E-state index contributed by atoms with van der Waals surface area (Å²) in [6, 6.07) is -0.623. The largest absolute Gasteiger partial charge is 0.467 e. The Bertz CT molecular complexity index is 395. The molecule has 0 radical (unpaired) electrons. The van der Waals surface area contributed by atoms with Gasteiger partial charge in [0.15, 0.2) is 0 Å². The van der Waals surface area contributed by atoms with Gasteiger partial charge < -0.3 is 15.4 Å². The Hall–Kier alpha value is -1.59. The van der Waals surface area contributed by atoms with Crippen molar-refractivity contribution in [2.45, 2.75) is 46.1 Å². The third-order valence-corrected chi connectivity index (χ3v) is 3.63. The van der Waals surface area contributed by atoms with Crippen LogP contribution in [0.1, 0.15) is 40.0 Å². The van der Waals surface area contributed by atoms with E-state index >= 15 is 0 Å². The first-order chi connectivity index (χ1) is 9.85. The number of amides is 2. The highest BCUT2D eigenvalue weighted by atomic mass is 16.5. The van der Waals surface area contributed by atoms with E-state index < -0.39 is 12.0 Å². The van der Waals surface area contributed by atoms with Gasteiger partial charge in [-0.2, -0.15) is 0 Å². The molecular weight excluding hydrogens is 272 g/mol. The first-order valence-corrected chi connectivity index (χ1v) is 7.50. The first-order valence-electron chi connectivity index (χ1n) is 7.50. The van der Waals surface area contributed by atoms with Crippen LogP contribution < -0.4 is 10.6 Å². The zero-order chi connectivity index (χ0) is 16.0. The molecule has 6 heteroatoms. The smallest absolute Gasteiger partial charge is 0.328 e. The Balaban J connectivity index is 2.29. The lowest BCUT2D eigenvalue weighted by atomic mass is 10.0. The topological polar surface area (TPSA) is 84.5 Å². The summed E-state index contributed by atoms with van der Waals surface area (Å²) in [5, 5.41) is 5.41. The van der Waals surface area contributed by atoms with Gasteiger partial charge in [-0.1, -0.05) is 20.8 Å². The third kappa shape index (κ3) is 6.14. The molecule has 0 aromatic carbocycles. The molecule has 120 valence electrons. The van der Waals surface area contributed by atoms with Crippen LogP contribution in [-0.4, -0.2) is 37.5 Å². The SMILES string of the molecule is COC(=O)[C@H](CC(C)C)NC(=O)CCNC(=O)[C@@H]1C[C@H]1C. The second-order valence-corrected chi connectivity index (χ2v) is 6.13. The van der Waals surface area contributed by atoms with Crippen LogP contribution in [0.25, 0.3) is 0 Å². The number of methoxy groups -OCH3 is 1. The molecule has 1 fully saturated rings. The normalized spacial score (nSPS) is 21.6. The molecule has 6 nitrogen and oxygen atoms in total. The Morgan fingerprint density at radius 2 is 1.90 bits per heavy atom. The van der Waals surface area contributed by atoms with Crippen molar-refractivity contribution >= 4 is 17.8 Å². The molecule has 2 amide bonds. The van der Waals surface area contributed by atoms with E-state index in [1.165, 1.54) is 7.11 Å². The number of esters is 1. The molecule has 0 saturated heterocycles. The highest BCUT2D eigenvalue weighted by Gasteiger charge is 2.38. The summed E-state index contributed by atoms with van der Waals surface area (Å²) in [4.78, 5) is 35.0. The average Bonchev–Trinajstić information content (AvgIpc) is 3.13. The van der Waals surface area contributed by atoms with Gasteiger partial charge in [-0.05, 0) is 24.7 Å². The fourth-order valence-corrected chi connectivity index (χ4v) is 2.21. The second-order valence-electron chi connectivity index (χ2n) is 6.13. The van der Waals surface area contributed by atoms with Crippen molar-refractivity contribution in [3.63, 3.8) is 0 Å². The molecule has 0 heterocycles. The number of hydrogen-bond donors (Lipinski definition) is 2. The maximum atomic E-state index is 11.8. The number of rotatable bonds is 8. The zero-order valence-electron chi connectivity index (χ0n) is 13.3. The summed E-state index contributed by atoms with van der Waals surface area (Å²) < 4.78 is 4.68. The molecule has 1 rings (SSSR count). The summed E-state index contributed by atoms with van der Waals surface area (Å²) in [6.07, 6.45) is 1.62. The Labute approximate surface area is 126 Å². The van der Waals surface area contributed by atoms with Crippen molar-refractivity contribution in [1.29, 1.82) is 0 Å². The van der Waals surface area contributed by atoms with Crippen LogP contribution in [-0.2, 0) is 19.1 Å². The van der Waals surface area contributed by atoms with Crippen molar-refractivity contribution in [2.75, 3.05) is 13.7 Å². The fraction of sp³-hybridized carbons (Fsp3) is 0.800. The standard InChI is InChI=1S/C15H26N2O4/c1-9(2)7-12(15(20)21-4)17-13(18)5-6-16-14(19)11-8-10(11)3/h9-12H,5-8H2,1-4H3,(H,16,19)(H,17,18)/t10-,11-,12+/m1/s1. The van der Waals surface area contributed by atoms with Crippen LogP contribution in [0.3, 0.4) is 0 Å². The van der Waals surface area contributed by atoms with Gasteiger partial charge in [-0.15, -0.1) is 0 Å². The number of carbonyl (C=O) groups is 3. The molecule has 1 aliphatic rings. The predicted octanol–water partition coefficient (Wildman–Crippen LogP) is 0.853. The Morgan fingerprint density at radius 3 is 2.38 bits per heavy atom. The Kier molecular flexibility index (Phi) is 6.65. The summed E-state index contributed by atoms with van der Waals surface area (Å²) in [6.45, 7) is 6.27. The minimum absolute atomic E-state index is 0.0157. The van der Waals surface area contributed by atoms with Gasteiger partial charge in [-0.25, -0.2) is 4.79 Å². The molecule has 0 aromatic heterocycles.